The van der Waals surface area contributed by atoms with Crippen molar-refractivity contribution in [1.82, 2.24) is 4.98 Å². The molecular weight excluding hydrogens is 414 g/mol. The lowest BCUT2D eigenvalue weighted by Crippen LogP contribution is -2.39. The summed E-state index contributed by atoms with van der Waals surface area (Å²) < 4.78 is 11.8. The van der Waals surface area contributed by atoms with E-state index >= 15 is 0 Å². The first-order valence-electron chi connectivity index (χ1n) is 9.85. The molecule has 0 fully saturated rings. The Morgan fingerprint density at radius 3 is 2.55 bits per heavy atom. The van der Waals surface area contributed by atoms with E-state index < -0.39 is 11.6 Å². The van der Waals surface area contributed by atoms with Crippen LogP contribution in [0, 0.1) is 0 Å². The van der Waals surface area contributed by atoms with Crippen molar-refractivity contribution < 1.29 is 19.1 Å². The number of nitrogens with zero attached hydrogens (tertiary/aromatic N) is 2. The summed E-state index contributed by atoms with van der Waals surface area (Å²) in [5.74, 6) is 0.0505. The van der Waals surface area contributed by atoms with Crippen molar-refractivity contribution in [2.75, 3.05) is 23.4 Å². The minimum Gasteiger partial charge on any atom is -0.476 e. The third-order valence-corrected chi connectivity index (χ3v) is 5.30. The van der Waals surface area contributed by atoms with Gasteiger partial charge in [-0.1, -0.05) is 29.5 Å². The second kappa shape index (κ2) is 9.61. The Balaban J connectivity index is 1.73. The van der Waals surface area contributed by atoms with Crippen molar-refractivity contribution in [1.29, 1.82) is 0 Å². The summed E-state index contributed by atoms with van der Waals surface area (Å²) in [6.07, 6.45) is 1.65. The van der Waals surface area contributed by atoms with Gasteiger partial charge in [0.2, 0.25) is 0 Å². The molecule has 2 amide bonds. The van der Waals surface area contributed by atoms with Gasteiger partial charge in [0.25, 0.3) is 0 Å². The Morgan fingerprint density at radius 2 is 1.90 bits per heavy atom. The maximum Gasteiger partial charge on any atom is 0.349 e. The van der Waals surface area contributed by atoms with Crippen LogP contribution in [0.1, 0.15) is 20.8 Å². The standard InChI is InChI=1S/C23H25N3O4S/c1-5-15-26(22(28)25-21-24-18-9-7-8-10-19(18)31-21)16-11-13-17(14-12-16)30-23(3,4)20(27)29-6-2/h5,7-14H,1,6,15H2,2-4H3,(H,24,25,28). The third-order valence-electron chi connectivity index (χ3n) is 4.35. The van der Waals surface area contributed by atoms with Crippen molar-refractivity contribution in [3.63, 3.8) is 0 Å². The summed E-state index contributed by atoms with van der Waals surface area (Å²) in [5, 5.41) is 3.38. The molecule has 0 saturated heterocycles. The summed E-state index contributed by atoms with van der Waals surface area (Å²) in [7, 11) is 0. The maximum absolute atomic E-state index is 12.9. The number of para-hydroxylation sites is 1. The van der Waals surface area contributed by atoms with Gasteiger partial charge < -0.3 is 9.47 Å². The topological polar surface area (TPSA) is 80.8 Å². The normalized spacial score (nSPS) is 11.1. The highest BCUT2D eigenvalue weighted by Gasteiger charge is 2.31. The van der Waals surface area contributed by atoms with Crippen LogP contribution in [0.4, 0.5) is 15.6 Å². The summed E-state index contributed by atoms with van der Waals surface area (Å²) in [6, 6.07) is 14.3. The largest absolute Gasteiger partial charge is 0.476 e. The third kappa shape index (κ3) is 5.40. The van der Waals surface area contributed by atoms with E-state index in [0.29, 0.717) is 23.1 Å². The quantitative estimate of drug-likeness (QED) is 0.383. The number of hydrogen-bond acceptors (Lipinski definition) is 6. The molecule has 1 aromatic heterocycles. The number of benzene rings is 2. The van der Waals surface area contributed by atoms with E-state index in [1.165, 1.54) is 11.3 Å². The molecule has 3 aromatic rings. The maximum atomic E-state index is 12.9. The first-order valence-corrected chi connectivity index (χ1v) is 10.7. The van der Waals surface area contributed by atoms with Crippen LogP contribution in [0.3, 0.4) is 0 Å². The number of amides is 2. The molecule has 2 aromatic carbocycles. The smallest absolute Gasteiger partial charge is 0.349 e. The van der Waals surface area contributed by atoms with Gasteiger partial charge in [-0.05, 0) is 57.2 Å². The molecule has 0 atom stereocenters. The van der Waals surface area contributed by atoms with E-state index in [-0.39, 0.29) is 12.6 Å². The van der Waals surface area contributed by atoms with E-state index in [4.69, 9.17) is 9.47 Å². The predicted molar refractivity (Wildman–Crippen MR) is 124 cm³/mol. The van der Waals surface area contributed by atoms with E-state index in [1.807, 2.05) is 24.3 Å². The van der Waals surface area contributed by atoms with Crippen molar-refractivity contribution in [3.05, 3.63) is 61.2 Å². The van der Waals surface area contributed by atoms with Crippen LogP contribution in [0.2, 0.25) is 0 Å². The Bertz CT molecular complexity index is 1040. The Morgan fingerprint density at radius 1 is 1.19 bits per heavy atom. The first kappa shape index (κ1) is 22.3. The molecule has 0 radical (unpaired) electrons. The zero-order valence-corrected chi connectivity index (χ0v) is 18.6. The molecule has 162 valence electrons. The van der Waals surface area contributed by atoms with Crippen LogP contribution in [0.25, 0.3) is 10.2 Å². The number of aromatic nitrogens is 1. The van der Waals surface area contributed by atoms with Gasteiger partial charge in [-0.25, -0.2) is 14.6 Å². The van der Waals surface area contributed by atoms with Gasteiger partial charge in [0, 0.05) is 12.2 Å². The summed E-state index contributed by atoms with van der Waals surface area (Å²) in [6.45, 7) is 9.38. The summed E-state index contributed by atoms with van der Waals surface area (Å²) in [5.41, 5.74) is 0.367. The first-order chi connectivity index (χ1) is 14.8. The number of urea groups is 1. The molecule has 1 N–H and O–H groups in total. The average Bonchev–Trinajstić information content (AvgIpc) is 3.15. The molecule has 3 rings (SSSR count). The van der Waals surface area contributed by atoms with E-state index in [0.717, 1.165) is 10.2 Å². The number of carbonyl (C=O) groups is 2. The molecule has 0 saturated carbocycles. The molecule has 0 spiro atoms. The summed E-state index contributed by atoms with van der Waals surface area (Å²) >= 11 is 1.41. The zero-order chi connectivity index (χ0) is 22.4. The second-order valence-corrected chi connectivity index (χ2v) is 8.17. The molecule has 7 nitrogen and oxygen atoms in total. The lowest BCUT2D eigenvalue weighted by molar-refractivity contribution is -0.158. The van der Waals surface area contributed by atoms with Crippen LogP contribution in [0.5, 0.6) is 5.75 Å². The van der Waals surface area contributed by atoms with Gasteiger partial charge in [0.15, 0.2) is 10.7 Å². The minimum absolute atomic E-state index is 0.283. The number of nitrogens with one attached hydrogen (secondary N) is 1. The van der Waals surface area contributed by atoms with Crippen molar-refractivity contribution >= 4 is 44.4 Å². The SMILES string of the molecule is C=CCN(C(=O)Nc1nc2ccccc2s1)c1ccc(OC(C)(C)C(=O)OCC)cc1. The monoisotopic (exact) mass is 439 g/mol. The molecular formula is C23H25N3O4S. The fourth-order valence-corrected chi connectivity index (χ4v) is 3.71. The van der Waals surface area contributed by atoms with Crippen molar-refractivity contribution in [2.45, 2.75) is 26.4 Å². The van der Waals surface area contributed by atoms with E-state index in [9.17, 15) is 9.59 Å². The van der Waals surface area contributed by atoms with Crippen LogP contribution in [0.15, 0.2) is 61.2 Å². The number of rotatable bonds is 8. The highest BCUT2D eigenvalue weighted by atomic mass is 32.1. The number of hydrogen-bond donors (Lipinski definition) is 1. The Hall–Kier alpha value is -3.39. The highest BCUT2D eigenvalue weighted by Crippen LogP contribution is 2.27. The average molecular weight is 440 g/mol. The van der Waals surface area contributed by atoms with Crippen LogP contribution >= 0.6 is 11.3 Å². The van der Waals surface area contributed by atoms with Gasteiger partial charge in [-0.15, -0.1) is 6.58 Å². The van der Waals surface area contributed by atoms with Crippen LogP contribution < -0.4 is 15.0 Å². The van der Waals surface area contributed by atoms with Crippen molar-refractivity contribution in [2.24, 2.45) is 0 Å². The van der Waals surface area contributed by atoms with Gasteiger partial charge >= 0.3 is 12.0 Å². The molecule has 31 heavy (non-hydrogen) atoms. The van der Waals surface area contributed by atoms with Gasteiger partial charge in [0.1, 0.15) is 5.75 Å². The molecule has 0 aliphatic rings. The van der Waals surface area contributed by atoms with E-state index in [2.05, 4.69) is 16.9 Å². The summed E-state index contributed by atoms with van der Waals surface area (Å²) in [4.78, 5) is 30.9. The lowest BCUT2D eigenvalue weighted by Gasteiger charge is -2.25. The lowest BCUT2D eigenvalue weighted by atomic mass is 10.1. The molecule has 0 aliphatic carbocycles. The number of thiazole rings is 1. The van der Waals surface area contributed by atoms with Gasteiger partial charge in [0.05, 0.1) is 16.8 Å². The number of esters is 1. The van der Waals surface area contributed by atoms with Gasteiger partial charge in [-0.3, -0.25) is 10.2 Å². The van der Waals surface area contributed by atoms with Crippen molar-refractivity contribution in [3.8, 4) is 5.75 Å². The van der Waals surface area contributed by atoms with Crippen LogP contribution in [-0.2, 0) is 9.53 Å². The Labute approximate surface area is 185 Å². The molecule has 1 heterocycles. The highest BCUT2D eigenvalue weighted by molar-refractivity contribution is 7.22. The molecule has 0 unspecified atom stereocenters. The molecule has 0 aliphatic heterocycles. The number of fused-ring (bicyclic) bond motifs is 1. The predicted octanol–water partition coefficient (Wildman–Crippen LogP) is 5.24. The number of carbonyl (C=O) groups excluding carboxylic acids is 2. The fourth-order valence-electron chi connectivity index (χ4n) is 2.85. The number of ether oxygens (including phenoxy) is 2. The zero-order valence-electron chi connectivity index (χ0n) is 17.8. The fraction of sp³-hybridized carbons (Fsp3) is 0.261. The minimum atomic E-state index is -1.12. The molecule has 0 bridgehead atoms. The van der Waals surface area contributed by atoms with E-state index in [1.54, 1.807) is 56.0 Å². The van der Waals surface area contributed by atoms with Crippen LogP contribution in [-0.4, -0.2) is 35.7 Å². The molecule has 8 heteroatoms. The number of anilines is 2. The second-order valence-electron chi connectivity index (χ2n) is 7.14. The Kier molecular flexibility index (Phi) is 6.91. The van der Waals surface area contributed by atoms with Gasteiger partial charge in [-0.2, -0.15) is 0 Å².